The molecule has 1 aromatic rings. The Morgan fingerprint density at radius 3 is 2.08 bits per heavy atom. The van der Waals surface area contributed by atoms with Gasteiger partial charge < -0.3 is 11.5 Å². The molecule has 0 aromatic heterocycles. The van der Waals surface area contributed by atoms with Crippen molar-refractivity contribution >= 4 is 0 Å². The molecule has 2 nitrogen and oxygen atoms in total. The molecule has 4 N–H and O–H groups in total. The van der Waals surface area contributed by atoms with E-state index >= 15 is 0 Å². The van der Waals surface area contributed by atoms with Crippen LogP contribution in [0, 0.1) is 22.7 Å². The summed E-state index contributed by atoms with van der Waals surface area (Å²) in [6.45, 7) is 11.6. The Hall–Kier alpha value is -0.860. The summed E-state index contributed by atoms with van der Waals surface area (Å²) >= 11 is 0. The van der Waals surface area contributed by atoms with Gasteiger partial charge in [-0.15, -0.1) is 0 Å². The van der Waals surface area contributed by atoms with Gasteiger partial charge in [-0.2, -0.15) is 0 Å². The molecule has 136 valence electrons. The molecule has 0 saturated heterocycles. The fourth-order valence-electron chi connectivity index (χ4n) is 4.46. The van der Waals surface area contributed by atoms with Crippen LogP contribution in [0.15, 0.2) is 30.3 Å². The maximum absolute atomic E-state index is 6.44. The SMILES string of the molecule is CC(C)(C)CC(N)C1CC(CC(C)(C)CC(N)c2ccccc2)C1. The highest BCUT2D eigenvalue weighted by molar-refractivity contribution is 5.18. The average molecular weight is 331 g/mol. The van der Waals surface area contributed by atoms with Gasteiger partial charge in [0.1, 0.15) is 0 Å². The van der Waals surface area contributed by atoms with Crippen LogP contribution in [0.25, 0.3) is 0 Å². The fourth-order valence-corrected chi connectivity index (χ4v) is 4.46. The molecule has 0 spiro atoms. The Morgan fingerprint density at radius 1 is 0.958 bits per heavy atom. The first kappa shape index (κ1) is 19.5. The van der Waals surface area contributed by atoms with Gasteiger partial charge in [0, 0.05) is 12.1 Å². The third kappa shape index (κ3) is 5.89. The minimum atomic E-state index is 0.139. The Kier molecular flexibility index (Phi) is 6.14. The molecule has 2 rings (SSSR count). The van der Waals surface area contributed by atoms with Crippen LogP contribution in [-0.2, 0) is 0 Å². The highest BCUT2D eigenvalue weighted by Crippen LogP contribution is 2.46. The Morgan fingerprint density at radius 2 is 1.54 bits per heavy atom. The van der Waals surface area contributed by atoms with Gasteiger partial charge in [0.2, 0.25) is 0 Å². The van der Waals surface area contributed by atoms with Gasteiger partial charge in [0.25, 0.3) is 0 Å². The van der Waals surface area contributed by atoms with Crippen LogP contribution in [0.3, 0.4) is 0 Å². The van der Waals surface area contributed by atoms with Gasteiger partial charge in [-0.05, 0) is 60.3 Å². The molecule has 2 atom stereocenters. The lowest BCUT2D eigenvalue weighted by Gasteiger charge is -2.44. The van der Waals surface area contributed by atoms with Crippen LogP contribution in [-0.4, -0.2) is 6.04 Å². The average Bonchev–Trinajstić information content (AvgIpc) is 2.41. The summed E-state index contributed by atoms with van der Waals surface area (Å²) in [5.74, 6) is 1.56. The van der Waals surface area contributed by atoms with E-state index < -0.39 is 0 Å². The maximum Gasteiger partial charge on any atom is 0.0299 e. The number of hydrogen-bond acceptors (Lipinski definition) is 2. The summed E-state index contributed by atoms with van der Waals surface area (Å²) in [6, 6.07) is 11.0. The van der Waals surface area contributed by atoms with Gasteiger partial charge >= 0.3 is 0 Å². The van der Waals surface area contributed by atoms with Crippen LogP contribution in [0.1, 0.15) is 78.3 Å². The van der Waals surface area contributed by atoms with Crippen molar-refractivity contribution in [3.05, 3.63) is 35.9 Å². The molecule has 1 fully saturated rings. The van der Waals surface area contributed by atoms with Crippen molar-refractivity contribution in [1.29, 1.82) is 0 Å². The number of nitrogens with two attached hydrogens (primary N) is 2. The predicted molar refractivity (Wildman–Crippen MR) is 105 cm³/mol. The normalized spacial score (nSPS) is 24.3. The third-order valence-corrected chi connectivity index (χ3v) is 5.57. The van der Waals surface area contributed by atoms with Crippen LogP contribution >= 0.6 is 0 Å². The van der Waals surface area contributed by atoms with Gasteiger partial charge in [-0.1, -0.05) is 65.0 Å². The van der Waals surface area contributed by atoms with Crippen LogP contribution in [0.4, 0.5) is 0 Å². The maximum atomic E-state index is 6.44. The standard InChI is InChI=1S/C22H38N2/c1-21(2,3)14-19(23)18-11-16(12-18)13-22(4,5)15-20(24)17-9-7-6-8-10-17/h6-10,16,18-20H,11-15,23-24H2,1-5H3. The molecule has 2 unspecified atom stereocenters. The van der Waals surface area contributed by atoms with Gasteiger partial charge in [-0.3, -0.25) is 0 Å². The van der Waals surface area contributed by atoms with Gasteiger partial charge in [-0.25, -0.2) is 0 Å². The lowest BCUT2D eigenvalue weighted by Crippen LogP contribution is -2.42. The van der Waals surface area contributed by atoms with Crippen molar-refractivity contribution in [2.24, 2.45) is 34.1 Å². The highest BCUT2D eigenvalue weighted by atomic mass is 14.7. The third-order valence-electron chi connectivity index (χ3n) is 5.57. The Balaban J connectivity index is 1.78. The minimum absolute atomic E-state index is 0.139. The van der Waals surface area contributed by atoms with Crippen molar-refractivity contribution in [1.82, 2.24) is 0 Å². The van der Waals surface area contributed by atoms with Crippen molar-refractivity contribution < 1.29 is 0 Å². The monoisotopic (exact) mass is 330 g/mol. The summed E-state index contributed by atoms with van der Waals surface area (Å²) in [6.07, 6.45) is 6.06. The summed E-state index contributed by atoms with van der Waals surface area (Å²) in [4.78, 5) is 0. The zero-order valence-corrected chi connectivity index (χ0v) is 16.4. The summed E-state index contributed by atoms with van der Waals surface area (Å²) in [5, 5.41) is 0. The van der Waals surface area contributed by atoms with E-state index in [2.05, 4.69) is 65.0 Å². The zero-order chi connectivity index (χ0) is 18.0. The molecule has 1 aromatic carbocycles. The summed E-state index contributed by atoms with van der Waals surface area (Å²) < 4.78 is 0. The smallest absolute Gasteiger partial charge is 0.0299 e. The molecule has 1 saturated carbocycles. The van der Waals surface area contributed by atoms with Crippen LogP contribution in [0.2, 0.25) is 0 Å². The zero-order valence-electron chi connectivity index (χ0n) is 16.4. The van der Waals surface area contributed by atoms with E-state index in [1.165, 1.54) is 24.8 Å². The number of rotatable bonds is 7. The highest BCUT2D eigenvalue weighted by Gasteiger charge is 2.38. The van der Waals surface area contributed by atoms with E-state index in [4.69, 9.17) is 11.5 Å². The second-order valence-electron chi connectivity index (χ2n) is 10.1. The molecule has 0 amide bonds. The van der Waals surface area contributed by atoms with E-state index in [1.54, 1.807) is 0 Å². The molecule has 0 radical (unpaired) electrons. The second kappa shape index (κ2) is 7.58. The largest absolute Gasteiger partial charge is 0.327 e. The second-order valence-corrected chi connectivity index (χ2v) is 10.1. The van der Waals surface area contributed by atoms with Crippen molar-refractivity contribution in [2.75, 3.05) is 0 Å². The van der Waals surface area contributed by atoms with E-state index in [0.29, 0.717) is 16.9 Å². The fraction of sp³-hybridized carbons (Fsp3) is 0.727. The molecule has 1 aliphatic carbocycles. The van der Waals surface area contributed by atoms with Crippen LogP contribution in [0.5, 0.6) is 0 Å². The first-order valence-electron chi connectivity index (χ1n) is 9.62. The Labute approximate surface area is 149 Å². The first-order valence-corrected chi connectivity index (χ1v) is 9.62. The van der Waals surface area contributed by atoms with Gasteiger partial charge in [0.05, 0.1) is 0 Å². The summed E-state index contributed by atoms with van der Waals surface area (Å²) in [7, 11) is 0. The van der Waals surface area contributed by atoms with E-state index in [9.17, 15) is 0 Å². The molecule has 0 aliphatic heterocycles. The first-order chi connectivity index (χ1) is 11.1. The van der Waals surface area contributed by atoms with Crippen LogP contribution < -0.4 is 11.5 Å². The lowest BCUT2D eigenvalue weighted by atomic mass is 9.63. The molecule has 24 heavy (non-hydrogen) atoms. The molecular formula is C22H38N2. The topological polar surface area (TPSA) is 52.0 Å². The van der Waals surface area contributed by atoms with E-state index in [1.807, 2.05) is 0 Å². The quantitative estimate of drug-likeness (QED) is 0.714. The van der Waals surface area contributed by atoms with E-state index in [-0.39, 0.29) is 6.04 Å². The predicted octanol–water partition coefficient (Wildman–Crippen LogP) is 5.28. The molecule has 0 heterocycles. The molecule has 1 aliphatic rings. The molecule has 2 heteroatoms. The molecule has 0 bridgehead atoms. The Bertz CT molecular complexity index is 494. The minimum Gasteiger partial charge on any atom is -0.327 e. The number of benzene rings is 1. The van der Waals surface area contributed by atoms with Crippen molar-refractivity contribution in [2.45, 2.75) is 78.8 Å². The van der Waals surface area contributed by atoms with E-state index in [0.717, 1.165) is 24.7 Å². The lowest BCUT2D eigenvalue weighted by molar-refractivity contribution is 0.0886. The number of hydrogen-bond donors (Lipinski definition) is 2. The van der Waals surface area contributed by atoms with Crippen molar-refractivity contribution in [3.63, 3.8) is 0 Å². The van der Waals surface area contributed by atoms with Gasteiger partial charge in [0.15, 0.2) is 0 Å². The van der Waals surface area contributed by atoms with Crippen molar-refractivity contribution in [3.8, 4) is 0 Å². The molecular weight excluding hydrogens is 292 g/mol. The summed E-state index contributed by atoms with van der Waals surface area (Å²) in [5.41, 5.74) is 14.8.